The van der Waals surface area contributed by atoms with Gasteiger partial charge in [-0.15, -0.1) is 0 Å². The van der Waals surface area contributed by atoms with Crippen LogP contribution in [-0.2, 0) is 10.3 Å². The fourth-order valence-corrected chi connectivity index (χ4v) is 4.13. The number of aromatic nitrogens is 2. The molecule has 10 nitrogen and oxygen atoms in total. The summed E-state index contributed by atoms with van der Waals surface area (Å²) in [6.07, 6.45) is -4.55. The number of amides is 2. The zero-order valence-corrected chi connectivity index (χ0v) is 25.7. The van der Waals surface area contributed by atoms with Crippen molar-refractivity contribution in [2.75, 3.05) is 26.9 Å². The first-order valence-electron chi connectivity index (χ1n) is 13.9. The first-order chi connectivity index (χ1) is 20.9. The zero-order chi connectivity index (χ0) is 33.6. The molecule has 3 aromatic rings. The predicted molar refractivity (Wildman–Crippen MR) is 157 cm³/mol. The summed E-state index contributed by atoms with van der Waals surface area (Å²) in [6, 6.07) is 8.99. The van der Waals surface area contributed by atoms with E-state index in [2.05, 4.69) is 20.6 Å². The highest BCUT2D eigenvalue weighted by Crippen LogP contribution is 2.37. The Morgan fingerprint density at radius 3 is 2.27 bits per heavy atom. The minimum absolute atomic E-state index is 0.00629. The summed E-state index contributed by atoms with van der Waals surface area (Å²) in [5.41, 5.74) is -1.92. The minimum Gasteiger partial charge on any atom is -0.491 e. The largest absolute Gasteiger partial charge is 0.491 e. The first-order valence-corrected chi connectivity index (χ1v) is 13.9. The van der Waals surface area contributed by atoms with Gasteiger partial charge in [-0.05, 0) is 76.6 Å². The van der Waals surface area contributed by atoms with Crippen LogP contribution in [0, 0.1) is 5.82 Å². The van der Waals surface area contributed by atoms with Crippen LogP contribution < -0.4 is 20.1 Å². The average Bonchev–Trinajstić information content (AvgIpc) is 2.94. The molecule has 0 spiro atoms. The number of methoxy groups -OCH3 is 1. The number of nitrogens with zero attached hydrogens (tertiary/aromatic N) is 2. The monoisotopic (exact) mass is 636 g/mol. The van der Waals surface area contributed by atoms with Crippen molar-refractivity contribution in [3.63, 3.8) is 0 Å². The molecule has 0 aliphatic carbocycles. The third-order valence-electron chi connectivity index (χ3n) is 6.37. The van der Waals surface area contributed by atoms with Crippen LogP contribution >= 0.6 is 0 Å². The number of carbonyl (C=O) groups excluding carboxylic acids is 2. The highest BCUT2D eigenvalue weighted by atomic mass is 19.4. The van der Waals surface area contributed by atoms with E-state index in [4.69, 9.17) is 19.3 Å². The number of benzene rings is 1. The molecule has 0 bridgehead atoms. The van der Waals surface area contributed by atoms with Gasteiger partial charge in [-0.1, -0.05) is 0 Å². The Bertz CT molecular complexity index is 1490. The maximum absolute atomic E-state index is 14.6. The number of nitrogens with one attached hydrogen (secondary N) is 2. The lowest BCUT2D eigenvalue weighted by Crippen LogP contribution is -2.44. The van der Waals surface area contributed by atoms with Crippen LogP contribution in [0.1, 0.15) is 62.2 Å². The summed E-state index contributed by atoms with van der Waals surface area (Å²) >= 11 is 0. The molecule has 1 unspecified atom stereocenters. The quantitative estimate of drug-likeness (QED) is 0.235. The second kappa shape index (κ2) is 14.1. The van der Waals surface area contributed by atoms with Gasteiger partial charge in [0.05, 0.1) is 36.2 Å². The van der Waals surface area contributed by atoms with E-state index in [0.29, 0.717) is 5.56 Å². The maximum atomic E-state index is 14.6. The van der Waals surface area contributed by atoms with Crippen LogP contribution in [0.25, 0.3) is 11.3 Å². The van der Waals surface area contributed by atoms with E-state index in [9.17, 15) is 27.2 Å². The lowest BCUT2D eigenvalue weighted by atomic mass is 9.90. The van der Waals surface area contributed by atoms with E-state index in [1.807, 2.05) is 0 Å². The molecule has 0 fully saturated rings. The van der Waals surface area contributed by atoms with Crippen molar-refractivity contribution in [2.24, 2.45) is 0 Å². The van der Waals surface area contributed by atoms with E-state index < -0.39 is 53.3 Å². The summed E-state index contributed by atoms with van der Waals surface area (Å²) in [7, 11) is 1.29. The number of alkyl halides is 3. The Morgan fingerprint density at radius 2 is 1.69 bits per heavy atom. The maximum Gasteiger partial charge on any atom is 0.408 e. The number of halogens is 4. The van der Waals surface area contributed by atoms with Crippen LogP contribution in [0.5, 0.6) is 11.6 Å². The van der Waals surface area contributed by atoms with Gasteiger partial charge in [0.15, 0.2) is 5.75 Å². The Balaban J connectivity index is 2.00. The molecule has 2 aromatic heterocycles. The first kappa shape index (κ1) is 35.0. The molecule has 3 N–H and O–H groups in total. The van der Waals surface area contributed by atoms with E-state index in [-0.39, 0.29) is 41.7 Å². The van der Waals surface area contributed by atoms with Gasteiger partial charge < -0.3 is 30.0 Å². The third kappa shape index (κ3) is 9.76. The average molecular weight is 637 g/mol. The van der Waals surface area contributed by atoms with Crippen molar-refractivity contribution >= 4 is 12.0 Å². The molecule has 0 aliphatic heterocycles. The van der Waals surface area contributed by atoms with Crippen LogP contribution in [0.4, 0.5) is 22.4 Å². The number of rotatable bonds is 11. The molecular formula is C31H36F4N4O6. The van der Waals surface area contributed by atoms with E-state index >= 15 is 0 Å². The standard InChI is InChI=1S/C31H36F4N4O6/c1-29(2,3)45-28(42)39-30(4,5)20-14-23(18-7-9-21(32)10-8-18)38-24(15-20)22(31(33,34)35)17-36-26(41)19-13-25(43-6)27(37-16-19)44-12-11-40/h7-10,13-16,22,40H,11-12,17H2,1-6H3,(H,36,41)(H,39,42). The number of ether oxygens (including phenoxy) is 3. The normalized spacial score (nSPS) is 12.7. The molecule has 0 aliphatic rings. The molecule has 3 rings (SSSR count). The number of carbonyl (C=O) groups is 2. The van der Waals surface area contributed by atoms with Gasteiger partial charge in [-0.3, -0.25) is 9.78 Å². The number of pyridine rings is 2. The minimum atomic E-state index is -4.86. The van der Waals surface area contributed by atoms with Gasteiger partial charge in [-0.25, -0.2) is 14.2 Å². The number of hydrogen-bond donors (Lipinski definition) is 3. The molecule has 0 saturated heterocycles. The van der Waals surface area contributed by atoms with Gasteiger partial charge in [-0.2, -0.15) is 13.2 Å². The summed E-state index contributed by atoms with van der Waals surface area (Å²) in [6.45, 7) is 6.91. The molecule has 0 radical (unpaired) electrons. The van der Waals surface area contributed by atoms with Crippen molar-refractivity contribution in [1.29, 1.82) is 0 Å². The van der Waals surface area contributed by atoms with Crippen molar-refractivity contribution < 1.29 is 46.5 Å². The molecule has 1 aromatic carbocycles. The van der Waals surface area contributed by atoms with Crippen LogP contribution in [0.15, 0.2) is 48.7 Å². The topological polar surface area (TPSA) is 132 Å². The fraction of sp³-hybridized carbons (Fsp3) is 0.419. The third-order valence-corrected chi connectivity index (χ3v) is 6.37. The lowest BCUT2D eigenvalue weighted by molar-refractivity contribution is -0.149. The van der Waals surface area contributed by atoms with Crippen LogP contribution in [0.2, 0.25) is 0 Å². The summed E-state index contributed by atoms with van der Waals surface area (Å²) < 4.78 is 73.0. The number of hydrogen-bond acceptors (Lipinski definition) is 8. The predicted octanol–water partition coefficient (Wildman–Crippen LogP) is 5.50. The summed E-state index contributed by atoms with van der Waals surface area (Å²) in [5.74, 6) is -3.66. The molecule has 45 heavy (non-hydrogen) atoms. The SMILES string of the molecule is COc1cc(C(=O)NCC(c2cc(C(C)(C)NC(=O)OC(C)(C)C)cc(-c3ccc(F)cc3)n2)C(F)(F)F)cnc1OCCO. The summed E-state index contributed by atoms with van der Waals surface area (Å²) in [4.78, 5) is 33.7. The summed E-state index contributed by atoms with van der Waals surface area (Å²) in [5, 5.41) is 13.9. The van der Waals surface area contributed by atoms with Gasteiger partial charge >= 0.3 is 12.3 Å². The lowest BCUT2D eigenvalue weighted by Gasteiger charge is -2.30. The van der Waals surface area contributed by atoms with Gasteiger partial charge in [0.25, 0.3) is 11.8 Å². The molecule has 2 amide bonds. The van der Waals surface area contributed by atoms with Gasteiger partial charge in [0.1, 0.15) is 23.9 Å². The highest BCUT2D eigenvalue weighted by Gasteiger charge is 2.43. The molecule has 244 valence electrons. The second-order valence-electron chi connectivity index (χ2n) is 11.5. The smallest absolute Gasteiger partial charge is 0.408 e. The van der Waals surface area contributed by atoms with Gasteiger partial charge in [0, 0.05) is 24.4 Å². The number of aliphatic hydroxyl groups excluding tert-OH is 1. The molecule has 14 heteroatoms. The molecular weight excluding hydrogens is 600 g/mol. The van der Waals surface area contributed by atoms with Crippen LogP contribution in [0.3, 0.4) is 0 Å². The molecule has 2 heterocycles. The van der Waals surface area contributed by atoms with Gasteiger partial charge in [0.2, 0.25) is 0 Å². The molecule has 1 atom stereocenters. The highest BCUT2D eigenvalue weighted by molar-refractivity contribution is 5.94. The second-order valence-corrected chi connectivity index (χ2v) is 11.5. The Kier molecular flexibility index (Phi) is 11.0. The fourth-order valence-electron chi connectivity index (χ4n) is 4.13. The zero-order valence-electron chi connectivity index (χ0n) is 25.7. The van der Waals surface area contributed by atoms with Crippen molar-refractivity contribution in [3.8, 4) is 22.9 Å². The van der Waals surface area contributed by atoms with Crippen molar-refractivity contribution in [1.82, 2.24) is 20.6 Å². The van der Waals surface area contributed by atoms with Crippen molar-refractivity contribution in [3.05, 3.63) is 71.3 Å². The number of aliphatic hydroxyl groups is 1. The molecule has 0 saturated carbocycles. The van der Waals surface area contributed by atoms with Crippen molar-refractivity contribution in [2.45, 2.75) is 57.9 Å². The van der Waals surface area contributed by atoms with Crippen LogP contribution in [-0.4, -0.2) is 65.7 Å². The van der Waals surface area contributed by atoms with E-state index in [1.54, 1.807) is 34.6 Å². The Hall–Kier alpha value is -4.46. The Labute approximate surface area is 258 Å². The van der Waals surface area contributed by atoms with E-state index in [0.717, 1.165) is 18.3 Å². The number of alkyl carbamates (subject to hydrolysis) is 1. The van der Waals surface area contributed by atoms with E-state index in [1.165, 1.54) is 37.4 Å². The Morgan fingerprint density at radius 1 is 1.02 bits per heavy atom.